The summed E-state index contributed by atoms with van der Waals surface area (Å²) in [5, 5.41) is 6.32. The van der Waals surface area contributed by atoms with Gasteiger partial charge in [0.25, 0.3) is 0 Å². The lowest BCUT2D eigenvalue weighted by Gasteiger charge is -2.34. The van der Waals surface area contributed by atoms with E-state index in [2.05, 4.69) is 20.5 Å². The number of aliphatic imine (C=N–C) groups is 1. The van der Waals surface area contributed by atoms with Gasteiger partial charge in [0.1, 0.15) is 0 Å². The van der Waals surface area contributed by atoms with Crippen LogP contribution in [0.4, 0.5) is 0 Å². The number of hydrogen-bond donors (Lipinski definition) is 2. The fourth-order valence-corrected chi connectivity index (χ4v) is 4.13. The first-order valence-corrected chi connectivity index (χ1v) is 11.1. The number of amides is 1. The Morgan fingerprint density at radius 3 is 2.57 bits per heavy atom. The normalized spacial score (nSPS) is 21.3. The molecular weight excluding hydrogens is 356 g/mol. The molecule has 1 saturated heterocycles. The van der Waals surface area contributed by atoms with Crippen molar-refractivity contribution in [3.05, 3.63) is 0 Å². The van der Waals surface area contributed by atoms with Gasteiger partial charge in [-0.1, -0.05) is 19.3 Å². The predicted molar refractivity (Wildman–Crippen MR) is 111 cm³/mol. The first-order valence-electron chi connectivity index (χ1n) is 11.1. The molecule has 2 fully saturated rings. The number of carbonyl (C=O) groups is 2. The van der Waals surface area contributed by atoms with Crippen molar-refractivity contribution in [3.8, 4) is 0 Å². The first kappa shape index (κ1) is 22.5. The van der Waals surface area contributed by atoms with Gasteiger partial charge in [-0.3, -0.25) is 14.6 Å². The third-order valence-electron chi connectivity index (χ3n) is 5.57. The van der Waals surface area contributed by atoms with Crippen LogP contribution in [-0.4, -0.2) is 62.1 Å². The maximum atomic E-state index is 12.1. The molecule has 0 aromatic rings. The minimum Gasteiger partial charge on any atom is -0.466 e. The summed E-state index contributed by atoms with van der Waals surface area (Å²) in [5.41, 5.74) is 0. The number of esters is 1. The van der Waals surface area contributed by atoms with Crippen molar-refractivity contribution in [3.63, 3.8) is 0 Å². The smallest absolute Gasteiger partial charge is 0.310 e. The van der Waals surface area contributed by atoms with E-state index in [0.717, 1.165) is 31.9 Å². The van der Waals surface area contributed by atoms with E-state index in [9.17, 15) is 9.59 Å². The summed E-state index contributed by atoms with van der Waals surface area (Å²) in [7, 11) is 0. The molecule has 0 spiro atoms. The van der Waals surface area contributed by atoms with Gasteiger partial charge in [-0.25, -0.2) is 0 Å². The van der Waals surface area contributed by atoms with E-state index >= 15 is 0 Å². The molecule has 1 heterocycles. The van der Waals surface area contributed by atoms with Crippen molar-refractivity contribution in [1.82, 2.24) is 15.5 Å². The number of piperidine rings is 1. The van der Waals surface area contributed by atoms with Crippen LogP contribution in [0.25, 0.3) is 0 Å². The Labute approximate surface area is 169 Å². The summed E-state index contributed by atoms with van der Waals surface area (Å²) in [6.07, 6.45) is 8.68. The molecule has 0 radical (unpaired) electrons. The summed E-state index contributed by atoms with van der Waals surface area (Å²) >= 11 is 0. The lowest BCUT2D eigenvalue weighted by Crippen LogP contribution is -2.48. The van der Waals surface area contributed by atoms with E-state index in [1.807, 2.05) is 13.8 Å². The second kappa shape index (κ2) is 12.6. The van der Waals surface area contributed by atoms with Crippen LogP contribution in [0.3, 0.4) is 0 Å². The van der Waals surface area contributed by atoms with Crippen molar-refractivity contribution in [2.75, 3.05) is 39.3 Å². The van der Waals surface area contributed by atoms with Gasteiger partial charge in [0.15, 0.2) is 5.96 Å². The van der Waals surface area contributed by atoms with Gasteiger partial charge in [-0.2, -0.15) is 0 Å². The summed E-state index contributed by atoms with van der Waals surface area (Å²) in [6.45, 7) is 7.68. The van der Waals surface area contributed by atoms with Crippen LogP contribution in [0, 0.1) is 11.8 Å². The number of nitrogens with one attached hydrogen (secondary N) is 2. The highest BCUT2D eigenvalue weighted by Gasteiger charge is 2.28. The molecule has 7 heteroatoms. The molecule has 2 aliphatic rings. The zero-order chi connectivity index (χ0) is 20.2. The average Bonchev–Trinajstić information content (AvgIpc) is 2.71. The van der Waals surface area contributed by atoms with Gasteiger partial charge in [0, 0.05) is 32.6 Å². The number of rotatable bonds is 8. The molecule has 1 atom stereocenters. The van der Waals surface area contributed by atoms with Crippen LogP contribution >= 0.6 is 0 Å². The maximum absolute atomic E-state index is 12.1. The van der Waals surface area contributed by atoms with E-state index in [1.165, 1.54) is 32.1 Å². The van der Waals surface area contributed by atoms with Gasteiger partial charge in [0.05, 0.1) is 19.1 Å². The fourth-order valence-electron chi connectivity index (χ4n) is 4.13. The summed E-state index contributed by atoms with van der Waals surface area (Å²) in [4.78, 5) is 31.0. The Balaban J connectivity index is 1.77. The van der Waals surface area contributed by atoms with Crippen molar-refractivity contribution < 1.29 is 14.3 Å². The van der Waals surface area contributed by atoms with E-state index in [4.69, 9.17) is 4.74 Å². The van der Waals surface area contributed by atoms with Gasteiger partial charge < -0.3 is 20.3 Å². The number of carbonyl (C=O) groups excluding carboxylic acids is 2. The van der Waals surface area contributed by atoms with Crippen LogP contribution in [0.2, 0.25) is 0 Å². The Morgan fingerprint density at radius 1 is 1.07 bits per heavy atom. The van der Waals surface area contributed by atoms with E-state index < -0.39 is 0 Å². The third kappa shape index (κ3) is 7.68. The number of hydrogen-bond acceptors (Lipinski definition) is 4. The van der Waals surface area contributed by atoms with Gasteiger partial charge in [0.2, 0.25) is 5.91 Å². The Hall–Kier alpha value is -1.79. The quantitative estimate of drug-likeness (QED) is 0.286. The molecule has 2 rings (SSSR count). The van der Waals surface area contributed by atoms with Crippen molar-refractivity contribution >= 4 is 17.8 Å². The molecule has 160 valence electrons. The molecule has 28 heavy (non-hydrogen) atoms. The zero-order valence-corrected chi connectivity index (χ0v) is 17.7. The monoisotopic (exact) mass is 394 g/mol. The summed E-state index contributed by atoms with van der Waals surface area (Å²) in [5.74, 6) is 1.32. The molecule has 2 N–H and O–H groups in total. The van der Waals surface area contributed by atoms with Crippen molar-refractivity contribution in [1.29, 1.82) is 0 Å². The SMILES string of the molecule is CCNC(=NCCNC(=O)CC1CCCCC1)N1CCCC(C(=O)OCC)C1. The minimum absolute atomic E-state index is 0.0900. The first-order chi connectivity index (χ1) is 13.6. The molecule has 0 aromatic heterocycles. The second-order valence-electron chi connectivity index (χ2n) is 7.83. The van der Waals surface area contributed by atoms with E-state index in [-0.39, 0.29) is 17.8 Å². The van der Waals surface area contributed by atoms with Crippen LogP contribution in [0.5, 0.6) is 0 Å². The van der Waals surface area contributed by atoms with E-state index in [1.54, 1.807) is 0 Å². The largest absolute Gasteiger partial charge is 0.466 e. The Kier molecular flexibility index (Phi) is 10.1. The van der Waals surface area contributed by atoms with Crippen molar-refractivity contribution in [2.45, 2.75) is 65.2 Å². The number of guanidine groups is 1. The molecule has 1 unspecified atom stereocenters. The summed E-state index contributed by atoms with van der Waals surface area (Å²) < 4.78 is 5.18. The third-order valence-corrected chi connectivity index (χ3v) is 5.57. The highest BCUT2D eigenvalue weighted by atomic mass is 16.5. The van der Waals surface area contributed by atoms with Gasteiger partial charge in [-0.05, 0) is 45.4 Å². The molecule has 1 saturated carbocycles. The highest BCUT2D eigenvalue weighted by molar-refractivity contribution is 5.81. The zero-order valence-electron chi connectivity index (χ0n) is 17.7. The lowest BCUT2D eigenvalue weighted by atomic mass is 9.87. The van der Waals surface area contributed by atoms with Crippen LogP contribution < -0.4 is 10.6 Å². The highest BCUT2D eigenvalue weighted by Crippen LogP contribution is 2.26. The predicted octanol–water partition coefficient (Wildman–Crippen LogP) is 2.31. The molecular formula is C21H38N4O3. The Bertz CT molecular complexity index is 518. The van der Waals surface area contributed by atoms with Crippen LogP contribution in [-0.2, 0) is 14.3 Å². The molecule has 1 aliphatic heterocycles. The summed E-state index contributed by atoms with van der Waals surface area (Å²) in [6, 6.07) is 0. The topological polar surface area (TPSA) is 83.0 Å². The number of ether oxygens (including phenoxy) is 1. The molecule has 1 aliphatic carbocycles. The number of nitrogens with zero attached hydrogens (tertiary/aromatic N) is 2. The lowest BCUT2D eigenvalue weighted by molar-refractivity contribution is -0.149. The molecule has 7 nitrogen and oxygen atoms in total. The molecule has 1 amide bonds. The Morgan fingerprint density at radius 2 is 1.86 bits per heavy atom. The average molecular weight is 395 g/mol. The standard InChI is InChI=1S/C21H38N4O3/c1-3-22-21(25-14-8-11-18(16-25)20(27)28-4-2)24-13-12-23-19(26)15-17-9-6-5-7-10-17/h17-18H,3-16H2,1-2H3,(H,22,24)(H,23,26). The van der Waals surface area contributed by atoms with Gasteiger partial charge in [-0.15, -0.1) is 0 Å². The molecule has 0 aromatic carbocycles. The maximum Gasteiger partial charge on any atom is 0.310 e. The minimum atomic E-state index is -0.113. The van der Waals surface area contributed by atoms with Crippen LogP contribution in [0.15, 0.2) is 4.99 Å². The van der Waals surface area contributed by atoms with Crippen molar-refractivity contribution in [2.24, 2.45) is 16.8 Å². The fraction of sp³-hybridized carbons (Fsp3) is 0.857. The molecule has 0 bridgehead atoms. The second-order valence-corrected chi connectivity index (χ2v) is 7.83. The number of likely N-dealkylation sites (tertiary alicyclic amines) is 1. The van der Waals surface area contributed by atoms with Crippen LogP contribution in [0.1, 0.15) is 65.2 Å². The van der Waals surface area contributed by atoms with E-state index in [0.29, 0.717) is 38.6 Å². The van der Waals surface area contributed by atoms with Gasteiger partial charge >= 0.3 is 5.97 Å².